The molecule has 0 fully saturated rings. The standard InChI is InChI=1S/C13H14F2N2OS/c1-18-12-5-6-19-13(12)11(17-16)7-8-9(14)3-2-4-10(8)15/h2-6,11,17H,7,16H2,1H3. The first-order valence-corrected chi connectivity index (χ1v) is 6.55. The van der Waals surface area contributed by atoms with Crippen LogP contribution < -0.4 is 16.0 Å². The van der Waals surface area contributed by atoms with Gasteiger partial charge in [-0.3, -0.25) is 11.3 Å². The van der Waals surface area contributed by atoms with E-state index in [9.17, 15) is 8.78 Å². The highest BCUT2D eigenvalue weighted by atomic mass is 32.1. The van der Waals surface area contributed by atoms with Crippen LogP contribution in [0.2, 0.25) is 0 Å². The third-order valence-corrected chi connectivity index (χ3v) is 3.88. The summed E-state index contributed by atoms with van der Waals surface area (Å²) in [5.74, 6) is 5.00. The van der Waals surface area contributed by atoms with E-state index in [1.807, 2.05) is 5.38 Å². The first kappa shape index (κ1) is 13.9. The van der Waals surface area contributed by atoms with Crippen molar-refractivity contribution in [2.24, 2.45) is 5.84 Å². The number of hydrogen-bond acceptors (Lipinski definition) is 4. The van der Waals surface area contributed by atoms with Gasteiger partial charge >= 0.3 is 0 Å². The van der Waals surface area contributed by atoms with E-state index in [2.05, 4.69) is 5.43 Å². The number of nitrogens with two attached hydrogens (primary N) is 1. The molecule has 1 aromatic carbocycles. The number of nitrogens with one attached hydrogen (secondary N) is 1. The summed E-state index contributed by atoms with van der Waals surface area (Å²) in [6.45, 7) is 0. The number of hydrogen-bond donors (Lipinski definition) is 2. The van der Waals surface area contributed by atoms with Crippen molar-refractivity contribution in [1.82, 2.24) is 5.43 Å². The molecule has 0 aliphatic carbocycles. The number of thiophene rings is 1. The molecule has 19 heavy (non-hydrogen) atoms. The second-order valence-corrected chi connectivity index (χ2v) is 4.92. The molecular formula is C13H14F2N2OS. The van der Waals surface area contributed by atoms with Gasteiger partial charge in [0.2, 0.25) is 0 Å². The Hall–Kier alpha value is -1.50. The zero-order valence-corrected chi connectivity index (χ0v) is 11.1. The molecule has 0 aliphatic heterocycles. The molecule has 102 valence electrons. The van der Waals surface area contributed by atoms with Gasteiger partial charge in [0.15, 0.2) is 0 Å². The first-order valence-electron chi connectivity index (χ1n) is 5.67. The monoisotopic (exact) mass is 284 g/mol. The molecule has 0 saturated heterocycles. The van der Waals surface area contributed by atoms with E-state index in [1.54, 1.807) is 13.2 Å². The lowest BCUT2D eigenvalue weighted by Crippen LogP contribution is -2.29. The molecule has 1 unspecified atom stereocenters. The minimum atomic E-state index is -0.573. The SMILES string of the molecule is COc1ccsc1C(Cc1c(F)cccc1F)NN. The fraction of sp³-hybridized carbons (Fsp3) is 0.231. The summed E-state index contributed by atoms with van der Waals surface area (Å²) in [4.78, 5) is 0.813. The molecule has 0 spiro atoms. The van der Waals surface area contributed by atoms with Crippen LogP contribution in [0, 0.1) is 11.6 Å². The molecule has 0 bridgehead atoms. The predicted molar refractivity (Wildman–Crippen MR) is 71.0 cm³/mol. The Morgan fingerprint density at radius 3 is 2.58 bits per heavy atom. The van der Waals surface area contributed by atoms with Crippen LogP contribution in [0.4, 0.5) is 8.78 Å². The molecule has 2 aromatic rings. The molecule has 1 heterocycles. The van der Waals surface area contributed by atoms with Gasteiger partial charge in [-0.05, 0) is 30.0 Å². The van der Waals surface area contributed by atoms with Crippen LogP contribution in [0.15, 0.2) is 29.6 Å². The maximum atomic E-state index is 13.6. The number of hydrazine groups is 1. The number of rotatable bonds is 5. The maximum Gasteiger partial charge on any atom is 0.134 e. The summed E-state index contributed by atoms with van der Waals surface area (Å²) < 4.78 is 32.5. The lowest BCUT2D eigenvalue weighted by molar-refractivity contribution is 0.401. The van der Waals surface area contributed by atoms with Crippen molar-refractivity contribution in [3.05, 3.63) is 51.7 Å². The third-order valence-electron chi connectivity index (χ3n) is 2.86. The minimum Gasteiger partial charge on any atom is -0.496 e. The largest absolute Gasteiger partial charge is 0.496 e. The summed E-state index contributed by atoms with van der Waals surface area (Å²) in [5, 5.41) is 1.84. The number of benzene rings is 1. The molecule has 3 nitrogen and oxygen atoms in total. The van der Waals surface area contributed by atoms with Crippen LogP contribution in [0.25, 0.3) is 0 Å². The van der Waals surface area contributed by atoms with Gasteiger partial charge < -0.3 is 4.74 Å². The molecule has 1 atom stereocenters. The Labute approximate surface area is 114 Å². The fourth-order valence-corrected chi connectivity index (χ4v) is 2.81. The van der Waals surface area contributed by atoms with Crippen molar-refractivity contribution >= 4 is 11.3 Å². The van der Waals surface area contributed by atoms with Crippen LogP contribution in [0.5, 0.6) is 5.75 Å². The lowest BCUT2D eigenvalue weighted by atomic mass is 10.0. The second kappa shape index (κ2) is 6.10. The fourth-order valence-electron chi connectivity index (χ4n) is 1.89. The quantitative estimate of drug-likeness (QED) is 0.655. The van der Waals surface area contributed by atoms with Crippen LogP contribution in [-0.4, -0.2) is 7.11 Å². The summed E-state index contributed by atoms with van der Waals surface area (Å²) in [6, 6.07) is 5.20. The zero-order chi connectivity index (χ0) is 13.8. The van der Waals surface area contributed by atoms with Crippen LogP contribution in [0.1, 0.15) is 16.5 Å². The smallest absolute Gasteiger partial charge is 0.134 e. The van der Waals surface area contributed by atoms with Crippen molar-refractivity contribution in [1.29, 1.82) is 0 Å². The molecule has 0 aliphatic rings. The van der Waals surface area contributed by atoms with Crippen LogP contribution >= 0.6 is 11.3 Å². The Bertz CT molecular complexity index is 539. The van der Waals surface area contributed by atoms with Crippen LogP contribution in [0.3, 0.4) is 0 Å². The van der Waals surface area contributed by atoms with Crippen molar-refractivity contribution < 1.29 is 13.5 Å². The van der Waals surface area contributed by atoms with E-state index in [1.165, 1.54) is 29.5 Å². The van der Waals surface area contributed by atoms with Gasteiger partial charge in [-0.25, -0.2) is 8.78 Å². The zero-order valence-electron chi connectivity index (χ0n) is 10.3. The highest BCUT2D eigenvalue weighted by molar-refractivity contribution is 7.10. The number of ether oxygens (including phenoxy) is 1. The van der Waals surface area contributed by atoms with E-state index in [-0.39, 0.29) is 12.0 Å². The third kappa shape index (κ3) is 2.91. The Balaban J connectivity index is 2.29. The van der Waals surface area contributed by atoms with E-state index in [0.717, 1.165) is 4.88 Å². The normalized spacial score (nSPS) is 12.4. The maximum absolute atomic E-state index is 13.6. The molecule has 2 rings (SSSR count). The van der Waals surface area contributed by atoms with Crippen LogP contribution in [-0.2, 0) is 6.42 Å². The van der Waals surface area contributed by atoms with E-state index < -0.39 is 17.7 Å². The van der Waals surface area contributed by atoms with E-state index >= 15 is 0 Å². The van der Waals surface area contributed by atoms with E-state index in [4.69, 9.17) is 10.6 Å². The summed E-state index contributed by atoms with van der Waals surface area (Å²) in [6.07, 6.45) is 0.117. The van der Waals surface area contributed by atoms with Gasteiger partial charge in [-0.2, -0.15) is 0 Å². The molecular weight excluding hydrogens is 270 g/mol. The van der Waals surface area contributed by atoms with Gasteiger partial charge in [0.1, 0.15) is 17.4 Å². The van der Waals surface area contributed by atoms with Gasteiger partial charge in [0, 0.05) is 5.56 Å². The summed E-state index contributed by atoms with van der Waals surface area (Å²) in [7, 11) is 1.54. The number of methoxy groups -OCH3 is 1. The summed E-state index contributed by atoms with van der Waals surface area (Å²) >= 11 is 1.43. The van der Waals surface area contributed by atoms with Crippen molar-refractivity contribution in [2.75, 3.05) is 7.11 Å². The summed E-state index contributed by atoms with van der Waals surface area (Å²) in [5.41, 5.74) is 2.59. The predicted octanol–water partition coefficient (Wildman–Crippen LogP) is 2.78. The Kier molecular flexibility index (Phi) is 4.47. The van der Waals surface area contributed by atoms with Gasteiger partial charge in [-0.1, -0.05) is 6.07 Å². The van der Waals surface area contributed by atoms with Crippen molar-refractivity contribution in [3.63, 3.8) is 0 Å². The lowest BCUT2D eigenvalue weighted by Gasteiger charge is -2.16. The van der Waals surface area contributed by atoms with Gasteiger partial charge in [0.05, 0.1) is 18.0 Å². The highest BCUT2D eigenvalue weighted by Crippen LogP contribution is 2.33. The Morgan fingerprint density at radius 2 is 2.00 bits per heavy atom. The van der Waals surface area contributed by atoms with Crippen molar-refractivity contribution in [3.8, 4) is 5.75 Å². The second-order valence-electron chi connectivity index (χ2n) is 3.98. The molecule has 0 amide bonds. The van der Waals surface area contributed by atoms with Gasteiger partial charge in [0.25, 0.3) is 0 Å². The first-order chi connectivity index (χ1) is 9.17. The molecule has 3 N–H and O–H groups in total. The molecule has 0 radical (unpaired) electrons. The molecule has 6 heteroatoms. The van der Waals surface area contributed by atoms with Crippen molar-refractivity contribution in [2.45, 2.75) is 12.5 Å². The average Bonchev–Trinajstić information content (AvgIpc) is 2.87. The number of halogens is 2. The Morgan fingerprint density at radius 1 is 1.32 bits per heavy atom. The molecule has 1 aromatic heterocycles. The van der Waals surface area contributed by atoms with E-state index in [0.29, 0.717) is 5.75 Å². The minimum absolute atomic E-state index is 0.0147. The topological polar surface area (TPSA) is 47.3 Å². The highest BCUT2D eigenvalue weighted by Gasteiger charge is 2.20. The average molecular weight is 284 g/mol. The molecule has 0 saturated carbocycles. The van der Waals surface area contributed by atoms with Gasteiger partial charge in [-0.15, -0.1) is 11.3 Å².